The molecular formula is C18H13N3S. The van der Waals surface area contributed by atoms with Gasteiger partial charge in [0.1, 0.15) is 5.01 Å². The van der Waals surface area contributed by atoms with E-state index in [2.05, 4.69) is 40.5 Å². The Morgan fingerprint density at radius 2 is 1.82 bits per heavy atom. The molecule has 4 heteroatoms. The minimum absolute atomic E-state index is 0.913. The SMILES string of the molecule is Cc1ccncc1-c1csc(-c2cc3ccccc3cn2)n1. The monoisotopic (exact) mass is 303 g/mol. The summed E-state index contributed by atoms with van der Waals surface area (Å²) in [5, 5.41) is 5.33. The van der Waals surface area contributed by atoms with Crippen LogP contribution in [0.25, 0.3) is 32.7 Å². The fraction of sp³-hybridized carbons (Fsp3) is 0.0556. The number of benzene rings is 1. The molecule has 0 saturated heterocycles. The first kappa shape index (κ1) is 13.1. The number of pyridine rings is 2. The Morgan fingerprint density at radius 3 is 2.68 bits per heavy atom. The van der Waals surface area contributed by atoms with E-state index in [0.717, 1.165) is 27.3 Å². The lowest BCUT2D eigenvalue weighted by molar-refractivity contribution is 1.26. The molecule has 0 bridgehead atoms. The van der Waals surface area contributed by atoms with E-state index in [1.807, 2.05) is 30.6 Å². The summed E-state index contributed by atoms with van der Waals surface area (Å²) < 4.78 is 0. The Labute approximate surface area is 132 Å². The standard InChI is InChI=1S/C18H13N3S/c1-12-6-7-19-10-15(12)17-11-22-18(21-17)16-8-13-4-2-3-5-14(13)9-20-16/h2-11H,1H3. The van der Waals surface area contributed by atoms with Crippen LogP contribution in [0.3, 0.4) is 0 Å². The molecule has 0 unspecified atom stereocenters. The Morgan fingerprint density at radius 1 is 0.955 bits per heavy atom. The van der Waals surface area contributed by atoms with Crippen molar-refractivity contribution >= 4 is 22.1 Å². The number of nitrogens with zero attached hydrogens (tertiary/aromatic N) is 3. The molecular weight excluding hydrogens is 290 g/mol. The highest BCUT2D eigenvalue weighted by Crippen LogP contribution is 2.30. The van der Waals surface area contributed by atoms with Crippen molar-refractivity contribution in [3.8, 4) is 22.0 Å². The molecule has 4 rings (SSSR count). The van der Waals surface area contributed by atoms with Crippen molar-refractivity contribution in [2.24, 2.45) is 0 Å². The van der Waals surface area contributed by atoms with Crippen LogP contribution in [0.15, 0.2) is 60.4 Å². The molecule has 0 N–H and O–H groups in total. The van der Waals surface area contributed by atoms with Crippen molar-refractivity contribution in [3.05, 3.63) is 65.9 Å². The maximum atomic E-state index is 4.73. The van der Waals surface area contributed by atoms with E-state index >= 15 is 0 Å². The predicted octanol–water partition coefficient (Wildman–Crippen LogP) is 4.73. The third-order valence-electron chi connectivity index (χ3n) is 3.67. The van der Waals surface area contributed by atoms with Crippen LogP contribution in [0.2, 0.25) is 0 Å². The Hall–Kier alpha value is -2.59. The van der Waals surface area contributed by atoms with E-state index in [-0.39, 0.29) is 0 Å². The molecule has 0 aliphatic rings. The normalized spacial score (nSPS) is 11.0. The highest BCUT2D eigenvalue weighted by molar-refractivity contribution is 7.13. The second-order valence-electron chi connectivity index (χ2n) is 5.15. The maximum Gasteiger partial charge on any atom is 0.142 e. The van der Waals surface area contributed by atoms with Crippen LogP contribution in [-0.2, 0) is 0 Å². The van der Waals surface area contributed by atoms with Crippen LogP contribution in [0.4, 0.5) is 0 Å². The second-order valence-corrected chi connectivity index (χ2v) is 6.00. The smallest absolute Gasteiger partial charge is 0.142 e. The van der Waals surface area contributed by atoms with Crippen molar-refractivity contribution < 1.29 is 0 Å². The van der Waals surface area contributed by atoms with Gasteiger partial charge in [-0.1, -0.05) is 24.3 Å². The zero-order valence-corrected chi connectivity index (χ0v) is 12.8. The minimum atomic E-state index is 0.913. The zero-order valence-electron chi connectivity index (χ0n) is 12.0. The summed E-state index contributed by atoms with van der Waals surface area (Å²) in [6.07, 6.45) is 5.57. The molecule has 0 spiro atoms. The van der Waals surface area contributed by atoms with Crippen molar-refractivity contribution in [1.29, 1.82) is 0 Å². The van der Waals surface area contributed by atoms with Gasteiger partial charge in [0, 0.05) is 34.9 Å². The Kier molecular flexibility index (Phi) is 3.16. The topological polar surface area (TPSA) is 38.7 Å². The van der Waals surface area contributed by atoms with E-state index in [4.69, 9.17) is 4.98 Å². The van der Waals surface area contributed by atoms with Gasteiger partial charge in [0.2, 0.25) is 0 Å². The zero-order chi connectivity index (χ0) is 14.9. The predicted molar refractivity (Wildman–Crippen MR) is 90.8 cm³/mol. The average molecular weight is 303 g/mol. The molecule has 106 valence electrons. The summed E-state index contributed by atoms with van der Waals surface area (Å²) in [7, 11) is 0. The highest BCUT2D eigenvalue weighted by atomic mass is 32.1. The number of aryl methyl sites for hydroxylation is 1. The van der Waals surface area contributed by atoms with E-state index in [0.29, 0.717) is 0 Å². The highest BCUT2D eigenvalue weighted by Gasteiger charge is 2.10. The molecule has 4 aromatic rings. The van der Waals surface area contributed by atoms with Gasteiger partial charge in [-0.2, -0.15) is 0 Å². The summed E-state index contributed by atoms with van der Waals surface area (Å²) >= 11 is 1.61. The Bertz CT molecular complexity index is 959. The van der Waals surface area contributed by atoms with Crippen LogP contribution in [-0.4, -0.2) is 15.0 Å². The van der Waals surface area contributed by atoms with Crippen LogP contribution in [0, 0.1) is 6.92 Å². The van der Waals surface area contributed by atoms with Gasteiger partial charge >= 0.3 is 0 Å². The number of aromatic nitrogens is 3. The van der Waals surface area contributed by atoms with Gasteiger partial charge in [0.25, 0.3) is 0 Å². The molecule has 0 atom stereocenters. The molecule has 1 aromatic carbocycles. The van der Waals surface area contributed by atoms with E-state index < -0.39 is 0 Å². The van der Waals surface area contributed by atoms with E-state index in [1.165, 1.54) is 10.9 Å². The summed E-state index contributed by atoms with van der Waals surface area (Å²) in [6, 6.07) is 12.3. The van der Waals surface area contributed by atoms with Gasteiger partial charge in [0.05, 0.1) is 11.4 Å². The van der Waals surface area contributed by atoms with Crippen molar-refractivity contribution in [2.75, 3.05) is 0 Å². The maximum absolute atomic E-state index is 4.73. The first-order valence-electron chi connectivity index (χ1n) is 7.03. The molecule has 3 aromatic heterocycles. The number of hydrogen-bond acceptors (Lipinski definition) is 4. The number of rotatable bonds is 2. The minimum Gasteiger partial charge on any atom is -0.264 e. The molecule has 0 radical (unpaired) electrons. The molecule has 0 aliphatic carbocycles. The molecule has 3 heterocycles. The van der Waals surface area contributed by atoms with Crippen molar-refractivity contribution in [1.82, 2.24) is 15.0 Å². The fourth-order valence-electron chi connectivity index (χ4n) is 2.45. The summed E-state index contributed by atoms with van der Waals surface area (Å²) in [5.74, 6) is 0. The van der Waals surface area contributed by atoms with E-state index in [1.54, 1.807) is 17.5 Å². The molecule has 22 heavy (non-hydrogen) atoms. The number of fused-ring (bicyclic) bond motifs is 1. The summed E-state index contributed by atoms with van der Waals surface area (Å²) in [5.41, 5.74) is 4.13. The second kappa shape index (κ2) is 5.31. The fourth-order valence-corrected chi connectivity index (χ4v) is 3.23. The van der Waals surface area contributed by atoms with Gasteiger partial charge < -0.3 is 0 Å². The molecule has 0 amide bonds. The molecule has 0 fully saturated rings. The van der Waals surface area contributed by atoms with Gasteiger partial charge in [-0.25, -0.2) is 4.98 Å². The number of hydrogen-bond donors (Lipinski definition) is 0. The van der Waals surface area contributed by atoms with Crippen LogP contribution < -0.4 is 0 Å². The molecule has 0 saturated carbocycles. The lowest BCUT2D eigenvalue weighted by Gasteiger charge is -2.01. The van der Waals surface area contributed by atoms with Crippen LogP contribution in [0.1, 0.15) is 5.56 Å². The average Bonchev–Trinajstić information content (AvgIpc) is 3.04. The lowest BCUT2D eigenvalue weighted by Crippen LogP contribution is -1.86. The van der Waals surface area contributed by atoms with Crippen molar-refractivity contribution in [3.63, 3.8) is 0 Å². The lowest BCUT2D eigenvalue weighted by atomic mass is 10.1. The first-order chi connectivity index (χ1) is 10.8. The third-order valence-corrected chi connectivity index (χ3v) is 4.53. The summed E-state index contributed by atoms with van der Waals surface area (Å²) in [4.78, 5) is 13.5. The Balaban J connectivity index is 1.78. The number of thiazole rings is 1. The van der Waals surface area contributed by atoms with Gasteiger partial charge in [0.15, 0.2) is 0 Å². The molecule has 0 aliphatic heterocycles. The molecule has 3 nitrogen and oxygen atoms in total. The largest absolute Gasteiger partial charge is 0.264 e. The van der Waals surface area contributed by atoms with Gasteiger partial charge in [-0.3, -0.25) is 9.97 Å². The quantitative estimate of drug-likeness (QED) is 0.537. The van der Waals surface area contributed by atoms with Crippen LogP contribution >= 0.6 is 11.3 Å². The third kappa shape index (κ3) is 2.27. The summed E-state index contributed by atoms with van der Waals surface area (Å²) in [6.45, 7) is 2.07. The van der Waals surface area contributed by atoms with E-state index in [9.17, 15) is 0 Å². The first-order valence-corrected chi connectivity index (χ1v) is 7.91. The van der Waals surface area contributed by atoms with Gasteiger partial charge in [-0.05, 0) is 30.0 Å². The van der Waals surface area contributed by atoms with Gasteiger partial charge in [-0.15, -0.1) is 11.3 Å². The van der Waals surface area contributed by atoms with Crippen LogP contribution in [0.5, 0.6) is 0 Å². The van der Waals surface area contributed by atoms with Crippen molar-refractivity contribution in [2.45, 2.75) is 6.92 Å².